The first-order valence-electron chi connectivity index (χ1n) is 11.9. The lowest BCUT2D eigenvalue weighted by Crippen LogP contribution is -2.36. The predicted octanol–water partition coefficient (Wildman–Crippen LogP) is 4.24. The number of carbonyl (C=O) groups is 1. The molecule has 1 aromatic rings. The van der Waals surface area contributed by atoms with Crippen molar-refractivity contribution in [2.45, 2.75) is 71.8 Å². The number of esters is 1. The first kappa shape index (κ1) is 23.5. The van der Waals surface area contributed by atoms with Crippen LogP contribution in [0.4, 0.5) is 11.5 Å². The van der Waals surface area contributed by atoms with Crippen LogP contribution in [0.15, 0.2) is 6.07 Å². The van der Waals surface area contributed by atoms with Crippen molar-refractivity contribution in [1.82, 2.24) is 4.98 Å². The van der Waals surface area contributed by atoms with Crippen LogP contribution in [0, 0.1) is 17.2 Å². The van der Waals surface area contributed by atoms with Crippen LogP contribution in [0.5, 0.6) is 0 Å². The first-order valence-corrected chi connectivity index (χ1v) is 11.9. The average Bonchev–Trinajstić information content (AvgIpc) is 2.79. The van der Waals surface area contributed by atoms with E-state index in [1.54, 1.807) is 13.0 Å². The second-order valence-corrected chi connectivity index (χ2v) is 9.13. The molecule has 3 N–H and O–H groups in total. The Balaban J connectivity index is 2.05. The van der Waals surface area contributed by atoms with Crippen molar-refractivity contribution in [3.05, 3.63) is 17.3 Å². The van der Waals surface area contributed by atoms with Crippen LogP contribution in [-0.2, 0) is 4.74 Å². The fraction of sp³-hybridized carbons (Fsp3) is 0.708. The van der Waals surface area contributed by atoms with E-state index in [4.69, 9.17) is 10.1 Å². The Morgan fingerprint density at radius 2 is 1.94 bits per heavy atom. The monoisotopic (exact) mass is 430 g/mol. The van der Waals surface area contributed by atoms with E-state index in [0.29, 0.717) is 35.8 Å². The fourth-order valence-corrected chi connectivity index (χ4v) is 4.55. The van der Waals surface area contributed by atoms with E-state index in [-0.39, 0.29) is 12.5 Å². The second-order valence-electron chi connectivity index (χ2n) is 9.13. The van der Waals surface area contributed by atoms with Crippen molar-refractivity contribution in [3.8, 4) is 0 Å². The highest BCUT2D eigenvalue weighted by molar-refractivity contribution is 6.09. The van der Waals surface area contributed by atoms with E-state index in [1.165, 1.54) is 19.3 Å². The Kier molecular flexibility index (Phi) is 8.29. The highest BCUT2D eigenvalue weighted by Gasteiger charge is 2.28. The van der Waals surface area contributed by atoms with Crippen molar-refractivity contribution in [1.29, 1.82) is 5.41 Å². The Hall–Kier alpha value is -2.15. The summed E-state index contributed by atoms with van der Waals surface area (Å²) in [6.07, 6.45) is 7.59. The molecule has 0 spiro atoms. The van der Waals surface area contributed by atoms with E-state index in [1.807, 2.05) is 13.8 Å². The zero-order chi connectivity index (χ0) is 22.4. The normalized spacial score (nSPS) is 18.3. The third-order valence-electron chi connectivity index (χ3n) is 6.49. The molecule has 1 aromatic heterocycles. The van der Waals surface area contributed by atoms with Gasteiger partial charge < -0.3 is 25.5 Å². The number of hydrogen-bond acceptors (Lipinski definition) is 7. The Morgan fingerprint density at radius 1 is 1.26 bits per heavy atom. The number of ether oxygens (including phenoxy) is 1. The van der Waals surface area contributed by atoms with E-state index in [0.717, 1.165) is 50.0 Å². The summed E-state index contributed by atoms with van der Waals surface area (Å²) in [7, 11) is 0. The lowest BCUT2D eigenvalue weighted by Gasteiger charge is -2.35. The molecule has 3 rings (SSSR count). The zero-order valence-corrected chi connectivity index (χ0v) is 19.2. The number of aliphatic hydroxyl groups excluding tert-OH is 1. The zero-order valence-electron chi connectivity index (χ0n) is 19.2. The molecule has 2 fully saturated rings. The molecule has 0 bridgehead atoms. The molecule has 1 saturated carbocycles. The number of pyridine rings is 1. The predicted molar refractivity (Wildman–Crippen MR) is 124 cm³/mol. The molecule has 0 aromatic carbocycles. The van der Waals surface area contributed by atoms with Crippen LogP contribution >= 0.6 is 0 Å². The second kappa shape index (κ2) is 10.9. The summed E-state index contributed by atoms with van der Waals surface area (Å²) in [6.45, 7) is 7.93. The molecular formula is C24H38N4O3. The highest BCUT2D eigenvalue weighted by atomic mass is 16.5. The van der Waals surface area contributed by atoms with Gasteiger partial charge in [-0.05, 0) is 50.5 Å². The number of carbonyl (C=O) groups excluding carboxylic acids is 1. The smallest absolute Gasteiger partial charge is 0.357 e. The minimum atomic E-state index is -0.427. The number of hydrogen-bond donors (Lipinski definition) is 3. The molecule has 1 aliphatic carbocycles. The largest absolute Gasteiger partial charge is 0.461 e. The summed E-state index contributed by atoms with van der Waals surface area (Å²) >= 11 is 0. The molecule has 0 amide bonds. The molecule has 0 unspecified atom stereocenters. The fourth-order valence-electron chi connectivity index (χ4n) is 4.55. The molecule has 7 nitrogen and oxygen atoms in total. The quantitative estimate of drug-likeness (QED) is 0.422. The molecule has 0 atom stereocenters. The number of nitrogens with zero attached hydrogens (tertiary/aromatic N) is 2. The summed E-state index contributed by atoms with van der Waals surface area (Å²) in [5, 5.41) is 22.0. The summed E-state index contributed by atoms with van der Waals surface area (Å²) in [4.78, 5) is 19.5. The van der Waals surface area contributed by atoms with Gasteiger partial charge in [0.25, 0.3) is 0 Å². The number of piperidine rings is 1. The molecule has 7 heteroatoms. The lowest BCUT2D eigenvalue weighted by atomic mass is 9.92. The summed E-state index contributed by atoms with van der Waals surface area (Å²) in [6, 6.07) is 2.11. The molecule has 172 valence electrons. The highest BCUT2D eigenvalue weighted by Crippen LogP contribution is 2.34. The van der Waals surface area contributed by atoms with Crippen LogP contribution in [-0.4, -0.2) is 54.1 Å². The Labute approximate surface area is 186 Å². The Morgan fingerprint density at radius 3 is 2.52 bits per heavy atom. The SMILES string of the molecule is CCOC(=O)c1cc(N2CCC(CO)CC2)c(C(=N)C(C)C)c(NC2CCCCC2)n1. The summed E-state index contributed by atoms with van der Waals surface area (Å²) < 4.78 is 5.26. The minimum Gasteiger partial charge on any atom is -0.461 e. The minimum absolute atomic E-state index is 0.0379. The van der Waals surface area contributed by atoms with Crippen LogP contribution < -0.4 is 10.2 Å². The maximum Gasteiger partial charge on any atom is 0.357 e. The van der Waals surface area contributed by atoms with Gasteiger partial charge in [-0.2, -0.15) is 0 Å². The number of aromatic nitrogens is 1. The average molecular weight is 431 g/mol. The number of anilines is 2. The third-order valence-corrected chi connectivity index (χ3v) is 6.49. The lowest BCUT2D eigenvalue weighted by molar-refractivity contribution is 0.0519. The van der Waals surface area contributed by atoms with Crippen molar-refractivity contribution in [3.63, 3.8) is 0 Å². The van der Waals surface area contributed by atoms with Crippen LogP contribution in [0.25, 0.3) is 0 Å². The third kappa shape index (κ3) is 5.76. The maximum absolute atomic E-state index is 12.6. The first-order chi connectivity index (χ1) is 14.9. The molecule has 31 heavy (non-hydrogen) atoms. The van der Waals surface area contributed by atoms with Gasteiger partial charge >= 0.3 is 5.97 Å². The van der Waals surface area contributed by atoms with Gasteiger partial charge in [-0.25, -0.2) is 9.78 Å². The van der Waals surface area contributed by atoms with Gasteiger partial charge in [-0.15, -0.1) is 0 Å². The molecule has 2 heterocycles. The number of rotatable bonds is 8. The van der Waals surface area contributed by atoms with E-state index < -0.39 is 5.97 Å². The van der Waals surface area contributed by atoms with Crippen molar-refractivity contribution >= 4 is 23.2 Å². The van der Waals surface area contributed by atoms with E-state index >= 15 is 0 Å². The van der Waals surface area contributed by atoms with Crippen molar-refractivity contribution < 1.29 is 14.6 Å². The van der Waals surface area contributed by atoms with Gasteiger partial charge in [-0.3, -0.25) is 0 Å². The van der Waals surface area contributed by atoms with Gasteiger partial charge in [-0.1, -0.05) is 33.1 Å². The molecule has 2 aliphatic rings. The molecule has 1 aliphatic heterocycles. The van der Waals surface area contributed by atoms with Gasteiger partial charge in [0.15, 0.2) is 5.69 Å². The summed E-state index contributed by atoms with van der Waals surface area (Å²) in [5.41, 5.74) is 2.50. The molecule has 0 radical (unpaired) electrons. The molecular weight excluding hydrogens is 392 g/mol. The van der Waals surface area contributed by atoms with Crippen LogP contribution in [0.1, 0.15) is 81.8 Å². The van der Waals surface area contributed by atoms with Gasteiger partial charge in [0.2, 0.25) is 0 Å². The van der Waals surface area contributed by atoms with Gasteiger partial charge in [0.05, 0.1) is 17.9 Å². The molecule has 1 saturated heterocycles. The maximum atomic E-state index is 12.6. The van der Waals surface area contributed by atoms with Gasteiger partial charge in [0.1, 0.15) is 5.82 Å². The summed E-state index contributed by atoms with van der Waals surface area (Å²) in [5.74, 6) is 0.560. The Bertz CT molecular complexity index is 766. The van der Waals surface area contributed by atoms with E-state index in [9.17, 15) is 9.90 Å². The topological polar surface area (TPSA) is 98.5 Å². The van der Waals surface area contributed by atoms with Crippen LogP contribution in [0.3, 0.4) is 0 Å². The van der Waals surface area contributed by atoms with Crippen molar-refractivity contribution in [2.75, 3.05) is 36.5 Å². The number of aliphatic hydroxyl groups is 1. The van der Waals surface area contributed by atoms with Gasteiger partial charge in [0, 0.05) is 31.4 Å². The van der Waals surface area contributed by atoms with Crippen LogP contribution in [0.2, 0.25) is 0 Å². The number of nitrogens with one attached hydrogen (secondary N) is 2. The van der Waals surface area contributed by atoms with Crippen molar-refractivity contribution in [2.24, 2.45) is 11.8 Å². The standard InChI is InChI=1S/C24H38N4O3/c1-4-31-24(30)19-14-20(28-12-10-17(15-29)11-13-28)21(22(25)16(2)3)23(27-19)26-18-8-6-5-7-9-18/h14,16-18,25,29H,4-13,15H2,1-3H3,(H,26,27). The van der Waals surface area contributed by atoms with E-state index in [2.05, 4.69) is 15.2 Å².